The van der Waals surface area contributed by atoms with Crippen molar-refractivity contribution in [3.63, 3.8) is 0 Å². The maximum atomic E-state index is 11.4. The van der Waals surface area contributed by atoms with Gasteiger partial charge in [0.05, 0.1) is 20.3 Å². The maximum absolute atomic E-state index is 11.4. The molecule has 0 aromatic rings. The van der Waals surface area contributed by atoms with E-state index in [-0.39, 0.29) is 11.6 Å². The van der Waals surface area contributed by atoms with Crippen LogP contribution in [0.2, 0.25) is 0 Å². The third-order valence-corrected chi connectivity index (χ3v) is 2.14. The molecule has 0 aliphatic carbocycles. The molecule has 1 saturated heterocycles. The second kappa shape index (κ2) is 5.50. The van der Waals surface area contributed by atoms with Gasteiger partial charge in [0, 0.05) is 6.92 Å². The van der Waals surface area contributed by atoms with Crippen molar-refractivity contribution in [1.82, 2.24) is 5.32 Å². The molecule has 0 saturated carbocycles. The van der Waals surface area contributed by atoms with Crippen LogP contribution in [0.3, 0.4) is 0 Å². The van der Waals surface area contributed by atoms with E-state index in [4.69, 9.17) is 4.74 Å². The molecule has 1 aliphatic heterocycles. The van der Waals surface area contributed by atoms with Crippen molar-refractivity contribution in [3.8, 4) is 0 Å². The second-order valence-electron chi connectivity index (χ2n) is 3.26. The number of rotatable bonds is 2. The zero-order valence-corrected chi connectivity index (χ0v) is 8.96. The van der Waals surface area contributed by atoms with Crippen molar-refractivity contribution < 1.29 is 19.1 Å². The minimum absolute atomic E-state index is 0.269. The minimum atomic E-state index is -0.498. The lowest BCUT2D eigenvalue weighted by molar-refractivity contribution is -0.137. The van der Waals surface area contributed by atoms with Crippen LogP contribution < -0.4 is 5.32 Å². The molecular weight excluding hydrogens is 198 g/mol. The number of nitrogens with one attached hydrogen (secondary N) is 1. The Bertz CT molecular complexity index is 288. The lowest BCUT2D eigenvalue weighted by Crippen LogP contribution is -2.29. The van der Waals surface area contributed by atoms with Crippen LogP contribution in [0.5, 0.6) is 0 Å². The number of ether oxygens (including phenoxy) is 2. The molecule has 0 bridgehead atoms. The molecule has 0 spiro atoms. The molecule has 0 aromatic heterocycles. The highest BCUT2D eigenvalue weighted by atomic mass is 16.5. The Balaban J connectivity index is 2.85. The molecular formula is C10H15NO4. The SMILES string of the molecule is COC(=O)C(NC(C)=O)=C1CCOCC1. The Labute approximate surface area is 88.4 Å². The molecule has 5 nitrogen and oxygen atoms in total. The van der Waals surface area contributed by atoms with Crippen LogP contribution in [0.1, 0.15) is 19.8 Å². The van der Waals surface area contributed by atoms with Crippen LogP contribution in [0.15, 0.2) is 11.3 Å². The highest BCUT2D eigenvalue weighted by molar-refractivity contribution is 5.93. The molecule has 84 valence electrons. The number of esters is 1. The third-order valence-electron chi connectivity index (χ3n) is 2.14. The predicted octanol–water partition coefficient (Wildman–Crippen LogP) is 0.360. The van der Waals surface area contributed by atoms with Gasteiger partial charge in [-0.15, -0.1) is 0 Å². The quantitative estimate of drug-likeness (QED) is 0.531. The van der Waals surface area contributed by atoms with Gasteiger partial charge in [-0.05, 0) is 18.4 Å². The molecule has 1 amide bonds. The number of carbonyl (C=O) groups excluding carboxylic acids is 2. The topological polar surface area (TPSA) is 64.6 Å². The summed E-state index contributed by atoms with van der Waals surface area (Å²) < 4.78 is 9.78. The summed E-state index contributed by atoms with van der Waals surface area (Å²) in [7, 11) is 1.30. The summed E-state index contributed by atoms with van der Waals surface area (Å²) in [6.45, 7) is 2.52. The molecule has 1 aliphatic rings. The number of amides is 1. The Kier molecular flexibility index (Phi) is 4.30. The summed E-state index contributed by atoms with van der Waals surface area (Å²) in [5, 5.41) is 2.51. The average Bonchev–Trinajstić information content (AvgIpc) is 2.26. The Morgan fingerprint density at radius 2 is 1.93 bits per heavy atom. The zero-order chi connectivity index (χ0) is 11.3. The molecule has 5 heteroatoms. The van der Waals surface area contributed by atoms with Gasteiger partial charge in [0.1, 0.15) is 5.70 Å². The second-order valence-corrected chi connectivity index (χ2v) is 3.26. The summed E-state index contributed by atoms with van der Waals surface area (Å²) in [5.41, 5.74) is 1.16. The predicted molar refractivity (Wildman–Crippen MR) is 52.9 cm³/mol. The van der Waals surface area contributed by atoms with Gasteiger partial charge in [-0.1, -0.05) is 0 Å². The van der Waals surface area contributed by atoms with Gasteiger partial charge in [0.2, 0.25) is 5.91 Å². The monoisotopic (exact) mass is 213 g/mol. The van der Waals surface area contributed by atoms with Gasteiger partial charge < -0.3 is 14.8 Å². The van der Waals surface area contributed by atoms with Crippen molar-refractivity contribution in [2.24, 2.45) is 0 Å². The number of hydrogen-bond acceptors (Lipinski definition) is 4. The van der Waals surface area contributed by atoms with Crippen molar-refractivity contribution in [2.75, 3.05) is 20.3 Å². The van der Waals surface area contributed by atoms with Crippen LogP contribution in [0, 0.1) is 0 Å². The van der Waals surface area contributed by atoms with Gasteiger partial charge in [-0.3, -0.25) is 4.79 Å². The summed E-state index contributed by atoms with van der Waals surface area (Å²) in [5.74, 6) is -0.767. The standard InChI is InChI=1S/C10H15NO4/c1-7(12)11-9(10(13)14-2)8-3-5-15-6-4-8/h3-6H2,1-2H3,(H,11,12). The largest absolute Gasteiger partial charge is 0.464 e. The molecule has 0 radical (unpaired) electrons. The summed E-state index contributed by atoms with van der Waals surface area (Å²) >= 11 is 0. The van der Waals surface area contributed by atoms with Crippen LogP contribution in [0.4, 0.5) is 0 Å². The Morgan fingerprint density at radius 1 is 1.33 bits per heavy atom. The van der Waals surface area contributed by atoms with E-state index in [9.17, 15) is 9.59 Å². The molecule has 1 rings (SSSR count). The van der Waals surface area contributed by atoms with Gasteiger partial charge in [0.25, 0.3) is 0 Å². The zero-order valence-electron chi connectivity index (χ0n) is 8.96. The van der Waals surface area contributed by atoms with E-state index in [0.29, 0.717) is 26.1 Å². The fourth-order valence-electron chi connectivity index (χ4n) is 1.43. The Hall–Kier alpha value is -1.36. The van der Waals surface area contributed by atoms with E-state index in [0.717, 1.165) is 5.57 Å². The first kappa shape index (κ1) is 11.7. The van der Waals surface area contributed by atoms with Crippen molar-refractivity contribution in [1.29, 1.82) is 0 Å². The van der Waals surface area contributed by atoms with E-state index in [1.165, 1.54) is 14.0 Å². The fraction of sp³-hybridized carbons (Fsp3) is 0.600. The number of methoxy groups -OCH3 is 1. The van der Waals surface area contributed by atoms with E-state index >= 15 is 0 Å². The van der Waals surface area contributed by atoms with Crippen molar-refractivity contribution in [3.05, 3.63) is 11.3 Å². The minimum Gasteiger partial charge on any atom is -0.464 e. The molecule has 1 fully saturated rings. The van der Waals surface area contributed by atoms with Crippen LogP contribution in [0.25, 0.3) is 0 Å². The first-order valence-corrected chi connectivity index (χ1v) is 4.81. The molecule has 0 aromatic carbocycles. The van der Waals surface area contributed by atoms with E-state index in [1.807, 2.05) is 0 Å². The number of hydrogen-bond donors (Lipinski definition) is 1. The molecule has 0 atom stereocenters. The molecule has 1 N–H and O–H groups in total. The lowest BCUT2D eigenvalue weighted by Gasteiger charge is -2.18. The Morgan fingerprint density at radius 3 is 2.40 bits per heavy atom. The first-order valence-electron chi connectivity index (χ1n) is 4.81. The fourth-order valence-corrected chi connectivity index (χ4v) is 1.43. The smallest absolute Gasteiger partial charge is 0.354 e. The van der Waals surface area contributed by atoms with E-state index < -0.39 is 5.97 Å². The highest BCUT2D eigenvalue weighted by Gasteiger charge is 2.19. The van der Waals surface area contributed by atoms with E-state index in [1.54, 1.807) is 0 Å². The lowest BCUT2D eigenvalue weighted by atomic mass is 10.1. The normalized spacial score (nSPS) is 15.7. The van der Waals surface area contributed by atoms with Crippen LogP contribution in [-0.4, -0.2) is 32.2 Å². The summed E-state index contributed by atoms with van der Waals surface area (Å²) in [6.07, 6.45) is 1.31. The first-order chi connectivity index (χ1) is 7.15. The van der Waals surface area contributed by atoms with Gasteiger partial charge in [-0.25, -0.2) is 4.79 Å². The molecule has 15 heavy (non-hydrogen) atoms. The highest BCUT2D eigenvalue weighted by Crippen LogP contribution is 2.17. The third kappa shape index (κ3) is 3.36. The van der Waals surface area contributed by atoms with Gasteiger partial charge in [-0.2, -0.15) is 0 Å². The number of carbonyl (C=O) groups is 2. The van der Waals surface area contributed by atoms with Crippen LogP contribution in [-0.2, 0) is 19.1 Å². The average molecular weight is 213 g/mol. The van der Waals surface area contributed by atoms with Gasteiger partial charge in [0.15, 0.2) is 0 Å². The van der Waals surface area contributed by atoms with Crippen LogP contribution >= 0.6 is 0 Å². The van der Waals surface area contributed by atoms with Gasteiger partial charge >= 0.3 is 5.97 Å². The maximum Gasteiger partial charge on any atom is 0.354 e. The van der Waals surface area contributed by atoms with E-state index in [2.05, 4.69) is 10.1 Å². The summed E-state index contributed by atoms with van der Waals surface area (Å²) in [6, 6.07) is 0. The summed E-state index contributed by atoms with van der Waals surface area (Å²) in [4.78, 5) is 22.3. The molecule has 0 unspecified atom stereocenters. The molecule has 1 heterocycles. The van der Waals surface area contributed by atoms with Crippen molar-refractivity contribution >= 4 is 11.9 Å². The van der Waals surface area contributed by atoms with Crippen molar-refractivity contribution in [2.45, 2.75) is 19.8 Å².